The molecule has 0 bridgehead atoms. The maximum atomic E-state index is 13.0. The smallest absolute Gasteiger partial charge is 0.232 e. The van der Waals surface area contributed by atoms with Gasteiger partial charge in [0, 0.05) is 29.0 Å². The van der Waals surface area contributed by atoms with E-state index in [1.165, 1.54) is 0 Å². The van der Waals surface area contributed by atoms with Crippen molar-refractivity contribution in [3.8, 4) is 5.75 Å². The van der Waals surface area contributed by atoms with E-state index in [1.807, 2.05) is 54.6 Å². The molecule has 2 aromatic carbocycles. The zero-order valence-electron chi connectivity index (χ0n) is 14.4. The molecule has 3 rings (SSSR count). The lowest BCUT2D eigenvalue weighted by Gasteiger charge is -2.17. The van der Waals surface area contributed by atoms with Gasteiger partial charge in [-0.2, -0.15) is 0 Å². The SMILES string of the molecule is COc1ccc(NC(=O)C(Cc2ccccn2)c2ccc(Cl)cc2)cc1. The minimum absolute atomic E-state index is 0.0943. The predicted octanol–water partition coefficient (Wildman–Crippen LogP) is 4.71. The van der Waals surface area contributed by atoms with Crippen LogP contribution in [0.2, 0.25) is 5.02 Å². The molecule has 1 unspecified atom stereocenters. The van der Waals surface area contributed by atoms with Crippen LogP contribution in [0.4, 0.5) is 5.69 Å². The summed E-state index contributed by atoms with van der Waals surface area (Å²) in [6.45, 7) is 0. The van der Waals surface area contributed by atoms with Crippen LogP contribution < -0.4 is 10.1 Å². The van der Waals surface area contributed by atoms with Crippen molar-refractivity contribution in [3.05, 3.63) is 89.2 Å². The summed E-state index contributed by atoms with van der Waals surface area (Å²) in [4.78, 5) is 17.3. The molecule has 0 fully saturated rings. The van der Waals surface area contributed by atoms with Crippen LogP contribution >= 0.6 is 11.6 Å². The number of halogens is 1. The summed E-state index contributed by atoms with van der Waals surface area (Å²) in [5, 5.41) is 3.61. The Hall–Kier alpha value is -2.85. The topological polar surface area (TPSA) is 51.2 Å². The van der Waals surface area contributed by atoms with E-state index in [9.17, 15) is 4.79 Å². The molecule has 1 aromatic heterocycles. The molecule has 4 nitrogen and oxygen atoms in total. The van der Waals surface area contributed by atoms with Crippen molar-refractivity contribution in [2.24, 2.45) is 0 Å². The Morgan fingerprint density at radius 3 is 2.42 bits per heavy atom. The molecular weight excluding hydrogens is 348 g/mol. The maximum absolute atomic E-state index is 13.0. The van der Waals surface area contributed by atoms with Crippen LogP contribution in [0.3, 0.4) is 0 Å². The van der Waals surface area contributed by atoms with Gasteiger partial charge in [0.1, 0.15) is 5.75 Å². The third-order valence-electron chi connectivity index (χ3n) is 4.09. The molecule has 1 heterocycles. The van der Waals surface area contributed by atoms with Crippen LogP contribution in [0.1, 0.15) is 17.2 Å². The van der Waals surface area contributed by atoms with Crippen LogP contribution in [0.5, 0.6) is 5.75 Å². The molecule has 132 valence electrons. The third-order valence-corrected chi connectivity index (χ3v) is 4.34. The molecule has 3 aromatic rings. The number of rotatable bonds is 6. The molecule has 1 atom stereocenters. The second kappa shape index (κ2) is 8.50. The average Bonchev–Trinajstić information content (AvgIpc) is 2.68. The second-order valence-corrected chi connectivity index (χ2v) is 6.28. The maximum Gasteiger partial charge on any atom is 0.232 e. The van der Waals surface area contributed by atoms with E-state index in [1.54, 1.807) is 25.4 Å². The summed E-state index contributed by atoms with van der Waals surface area (Å²) < 4.78 is 5.15. The number of amides is 1. The summed E-state index contributed by atoms with van der Waals surface area (Å²) in [5.41, 5.74) is 2.47. The van der Waals surface area contributed by atoms with Crippen molar-refractivity contribution in [3.63, 3.8) is 0 Å². The van der Waals surface area contributed by atoms with Gasteiger partial charge < -0.3 is 10.1 Å². The van der Waals surface area contributed by atoms with Gasteiger partial charge in [-0.25, -0.2) is 0 Å². The number of nitrogens with zero attached hydrogens (tertiary/aromatic N) is 1. The Bertz CT molecular complexity index is 849. The largest absolute Gasteiger partial charge is 0.497 e. The lowest BCUT2D eigenvalue weighted by atomic mass is 9.93. The first-order valence-electron chi connectivity index (χ1n) is 8.26. The van der Waals surface area contributed by atoms with E-state index in [-0.39, 0.29) is 11.8 Å². The van der Waals surface area contributed by atoms with Crippen molar-refractivity contribution in [2.45, 2.75) is 12.3 Å². The molecule has 0 aliphatic carbocycles. The predicted molar refractivity (Wildman–Crippen MR) is 104 cm³/mol. The van der Waals surface area contributed by atoms with Crippen LogP contribution in [0, 0.1) is 0 Å². The Balaban J connectivity index is 1.83. The Labute approximate surface area is 157 Å². The first-order valence-corrected chi connectivity index (χ1v) is 8.64. The van der Waals surface area contributed by atoms with Gasteiger partial charge in [-0.05, 0) is 54.1 Å². The molecule has 1 amide bonds. The number of nitrogens with one attached hydrogen (secondary N) is 1. The number of hydrogen-bond acceptors (Lipinski definition) is 3. The van der Waals surface area contributed by atoms with E-state index in [4.69, 9.17) is 16.3 Å². The van der Waals surface area contributed by atoms with Gasteiger partial charge >= 0.3 is 0 Å². The number of anilines is 1. The van der Waals surface area contributed by atoms with Crippen molar-refractivity contribution < 1.29 is 9.53 Å². The molecule has 26 heavy (non-hydrogen) atoms. The summed E-state index contributed by atoms with van der Waals surface area (Å²) in [6.07, 6.45) is 2.24. The summed E-state index contributed by atoms with van der Waals surface area (Å²) in [5.74, 6) is 0.276. The van der Waals surface area contributed by atoms with Gasteiger partial charge in [0.2, 0.25) is 5.91 Å². The first kappa shape index (κ1) is 18.0. The van der Waals surface area contributed by atoms with Gasteiger partial charge in [0.15, 0.2) is 0 Å². The molecule has 0 saturated carbocycles. The highest BCUT2D eigenvalue weighted by atomic mass is 35.5. The van der Waals surface area contributed by atoms with E-state index in [0.29, 0.717) is 11.4 Å². The van der Waals surface area contributed by atoms with Gasteiger partial charge in [0.05, 0.1) is 13.0 Å². The summed E-state index contributed by atoms with van der Waals surface area (Å²) in [7, 11) is 1.61. The number of carbonyl (C=O) groups excluding carboxylic acids is 1. The number of benzene rings is 2. The molecule has 0 aliphatic heterocycles. The highest BCUT2D eigenvalue weighted by Crippen LogP contribution is 2.24. The van der Waals surface area contributed by atoms with Gasteiger partial charge in [0.25, 0.3) is 0 Å². The Morgan fingerprint density at radius 2 is 1.81 bits per heavy atom. The monoisotopic (exact) mass is 366 g/mol. The standard InChI is InChI=1S/C21H19ClN2O2/c1-26-19-11-9-17(10-12-19)24-21(25)20(14-18-4-2-3-13-23-18)15-5-7-16(22)8-6-15/h2-13,20H,14H2,1H3,(H,24,25). The molecular formula is C21H19ClN2O2. The fourth-order valence-electron chi connectivity index (χ4n) is 2.69. The van der Waals surface area contributed by atoms with E-state index in [0.717, 1.165) is 22.7 Å². The van der Waals surface area contributed by atoms with Crippen LogP contribution in [-0.4, -0.2) is 18.0 Å². The third kappa shape index (κ3) is 4.61. The van der Waals surface area contributed by atoms with E-state index >= 15 is 0 Å². The quantitative estimate of drug-likeness (QED) is 0.687. The number of hydrogen-bond donors (Lipinski definition) is 1. The van der Waals surface area contributed by atoms with Crippen molar-refractivity contribution in [2.75, 3.05) is 12.4 Å². The highest BCUT2D eigenvalue weighted by molar-refractivity contribution is 6.30. The lowest BCUT2D eigenvalue weighted by molar-refractivity contribution is -0.117. The van der Waals surface area contributed by atoms with Crippen LogP contribution in [-0.2, 0) is 11.2 Å². The van der Waals surface area contributed by atoms with Crippen molar-refractivity contribution in [1.82, 2.24) is 4.98 Å². The Kier molecular flexibility index (Phi) is 5.87. The number of methoxy groups -OCH3 is 1. The fourth-order valence-corrected chi connectivity index (χ4v) is 2.81. The van der Waals surface area contributed by atoms with Crippen LogP contribution in [0.15, 0.2) is 72.9 Å². The van der Waals surface area contributed by atoms with Crippen LogP contribution in [0.25, 0.3) is 0 Å². The summed E-state index contributed by atoms with van der Waals surface area (Å²) in [6, 6.07) is 20.3. The first-order chi connectivity index (χ1) is 12.7. The van der Waals surface area contributed by atoms with E-state index in [2.05, 4.69) is 10.3 Å². The minimum Gasteiger partial charge on any atom is -0.497 e. The number of aromatic nitrogens is 1. The molecule has 0 saturated heterocycles. The second-order valence-electron chi connectivity index (χ2n) is 5.85. The van der Waals surface area contributed by atoms with E-state index < -0.39 is 0 Å². The Morgan fingerprint density at radius 1 is 1.08 bits per heavy atom. The average molecular weight is 367 g/mol. The number of carbonyl (C=O) groups is 1. The van der Waals surface area contributed by atoms with Gasteiger partial charge in [-0.15, -0.1) is 0 Å². The molecule has 0 aliphatic rings. The zero-order valence-corrected chi connectivity index (χ0v) is 15.1. The minimum atomic E-state index is -0.371. The number of pyridine rings is 1. The normalized spacial score (nSPS) is 11.6. The zero-order chi connectivity index (χ0) is 18.4. The number of ether oxygens (including phenoxy) is 1. The fraction of sp³-hybridized carbons (Fsp3) is 0.143. The van der Waals surface area contributed by atoms with Gasteiger partial charge in [-0.3, -0.25) is 9.78 Å². The van der Waals surface area contributed by atoms with Gasteiger partial charge in [-0.1, -0.05) is 29.8 Å². The van der Waals surface area contributed by atoms with Crippen molar-refractivity contribution in [1.29, 1.82) is 0 Å². The molecule has 1 N–H and O–H groups in total. The summed E-state index contributed by atoms with van der Waals surface area (Å²) >= 11 is 5.99. The van der Waals surface area contributed by atoms with Crippen molar-refractivity contribution >= 4 is 23.2 Å². The lowest BCUT2D eigenvalue weighted by Crippen LogP contribution is -2.23. The highest BCUT2D eigenvalue weighted by Gasteiger charge is 2.22. The molecule has 0 spiro atoms. The molecule has 0 radical (unpaired) electrons. The molecule has 5 heteroatoms.